The molecule has 1 N–H and O–H groups in total. The van der Waals surface area contributed by atoms with E-state index in [-0.39, 0.29) is 22.3 Å². The molecule has 0 bridgehead atoms. The molecule has 8 nitrogen and oxygen atoms in total. The van der Waals surface area contributed by atoms with Gasteiger partial charge < -0.3 is 9.73 Å². The highest BCUT2D eigenvalue weighted by Gasteiger charge is 2.31. The van der Waals surface area contributed by atoms with Crippen LogP contribution in [0.15, 0.2) is 32.3 Å². The third-order valence-corrected chi connectivity index (χ3v) is 8.51. The van der Waals surface area contributed by atoms with Crippen molar-refractivity contribution in [2.24, 2.45) is 5.92 Å². The van der Waals surface area contributed by atoms with Gasteiger partial charge in [-0.2, -0.15) is 4.31 Å². The lowest BCUT2D eigenvalue weighted by molar-refractivity contribution is -0.123. The number of carbonyl (C=O) groups is 1. The van der Waals surface area contributed by atoms with Gasteiger partial charge in [0.2, 0.25) is 15.9 Å². The number of sulfonamides is 1. The van der Waals surface area contributed by atoms with Gasteiger partial charge in [-0.25, -0.2) is 13.2 Å². The molecule has 0 spiro atoms. The summed E-state index contributed by atoms with van der Waals surface area (Å²) in [5.41, 5.74) is 0.872. The standard InChI is InChI=1S/C22H31N3O5S/c1-2-25-19-9-8-18(15-20(19)30-22(25)27)31(28,29)24-12-10-16(11-13-24)14-21(26)23-17-6-4-3-5-7-17/h8-9,15-17H,2-7,10-14H2,1H3,(H,23,26). The summed E-state index contributed by atoms with van der Waals surface area (Å²) in [5.74, 6) is -0.192. The Balaban J connectivity index is 1.37. The van der Waals surface area contributed by atoms with Gasteiger partial charge >= 0.3 is 5.76 Å². The van der Waals surface area contributed by atoms with E-state index in [9.17, 15) is 18.0 Å². The van der Waals surface area contributed by atoms with Gasteiger partial charge in [0.05, 0.1) is 10.4 Å². The van der Waals surface area contributed by atoms with Crippen molar-refractivity contribution < 1.29 is 17.6 Å². The molecule has 1 saturated heterocycles. The van der Waals surface area contributed by atoms with Gasteiger partial charge in [0.15, 0.2) is 5.58 Å². The van der Waals surface area contributed by atoms with Crippen LogP contribution in [0.4, 0.5) is 0 Å². The van der Waals surface area contributed by atoms with Gasteiger partial charge in [0, 0.05) is 38.2 Å². The maximum Gasteiger partial charge on any atom is 0.419 e. The molecule has 1 aromatic carbocycles. The van der Waals surface area contributed by atoms with Crippen LogP contribution in [0.3, 0.4) is 0 Å². The first-order valence-corrected chi connectivity index (χ1v) is 12.8. The van der Waals surface area contributed by atoms with Gasteiger partial charge in [0.25, 0.3) is 0 Å². The summed E-state index contributed by atoms with van der Waals surface area (Å²) in [4.78, 5) is 24.4. The summed E-state index contributed by atoms with van der Waals surface area (Å²) in [6.07, 6.45) is 7.54. The lowest BCUT2D eigenvalue weighted by atomic mass is 9.92. The van der Waals surface area contributed by atoms with E-state index < -0.39 is 15.8 Å². The second-order valence-electron chi connectivity index (χ2n) is 8.70. The lowest BCUT2D eigenvalue weighted by Gasteiger charge is -2.31. The summed E-state index contributed by atoms with van der Waals surface area (Å²) >= 11 is 0. The van der Waals surface area contributed by atoms with Crippen LogP contribution in [0, 0.1) is 5.92 Å². The van der Waals surface area contributed by atoms with Crippen molar-refractivity contribution in [3.05, 3.63) is 28.7 Å². The number of amides is 1. The van der Waals surface area contributed by atoms with E-state index in [1.807, 2.05) is 6.92 Å². The Morgan fingerprint density at radius 3 is 2.52 bits per heavy atom. The maximum atomic E-state index is 13.1. The number of hydrogen-bond donors (Lipinski definition) is 1. The number of oxazole rings is 1. The molecule has 1 aliphatic heterocycles. The molecule has 1 amide bonds. The lowest BCUT2D eigenvalue weighted by Crippen LogP contribution is -2.41. The third-order valence-electron chi connectivity index (χ3n) is 6.61. The highest BCUT2D eigenvalue weighted by atomic mass is 32.2. The predicted octanol–water partition coefficient (Wildman–Crippen LogP) is 2.85. The number of hydrogen-bond acceptors (Lipinski definition) is 5. The van der Waals surface area contributed by atoms with Crippen LogP contribution < -0.4 is 11.1 Å². The summed E-state index contributed by atoms with van der Waals surface area (Å²) < 4.78 is 34.4. The Morgan fingerprint density at radius 1 is 1.13 bits per heavy atom. The van der Waals surface area contributed by atoms with Crippen LogP contribution in [0.1, 0.15) is 58.3 Å². The molecule has 4 rings (SSSR count). The van der Waals surface area contributed by atoms with Crippen molar-refractivity contribution in [3.63, 3.8) is 0 Å². The highest BCUT2D eigenvalue weighted by molar-refractivity contribution is 7.89. The first-order chi connectivity index (χ1) is 14.9. The first kappa shape index (κ1) is 22.1. The van der Waals surface area contributed by atoms with Crippen LogP contribution >= 0.6 is 0 Å². The number of piperidine rings is 1. The molecule has 1 aliphatic carbocycles. The third kappa shape index (κ3) is 4.72. The van der Waals surface area contributed by atoms with E-state index in [1.54, 1.807) is 6.07 Å². The Hall–Kier alpha value is -2.13. The Kier molecular flexibility index (Phi) is 6.52. The van der Waals surface area contributed by atoms with Gasteiger partial charge in [0.1, 0.15) is 0 Å². The molecule has 1 saturated carbocycles. The Bertz CT molecular complexity index is 1090. The quantitative estimate of drug-likeness (QED) is 0.731. The van der Waals surface area contributed by atoms with Gasteiger partial charge in [-0.05, 0) is 50.7 Å². The molecule has 0 atom stereocenters. The number of carbonyl (C=O) groups excluding carboxylic acids is 1. The zero-order chi connectivity index (χ0) is 22.0. The van der Waals surface area contributed by atoms with Crippen molar-refractivity contribution in [3.8, 4) is 0 Å². The first-order valence-electron chi connectivity index (χ1n) is 11.3. The average molecular weight is 450 g/mol. The molecule has 2 aromatic rings. The summed E-state index contributed by atoms with van der Waals surface area (Å²) in [7, 11) is -3.68. The topological polar surface area (TPSA) is 102 Å². The van der Waals surface area contributed by atoms with Crippen molar-refractivity contribution in [1.29, 1.82) is 0 Å². The molecule has 9 heteroatoms. The zero-order valence-electron chi connectivity index (χ0n) is 18.0. The molecule has 170 valence electrons. The van der Waals surface area contributed by atoms with E-state index in [1.165, 1.54) is 40.3 Å². The van der Waals surface area contributed by atoms with Gasteiger partial charge in [-0.3, -0.25) is 9.36 Å². The van der Waals surface area contributed by atoms with Crippen molar-refractivity contribution in [1.82, 2.24) is 14.2 Å². The number of fused-ring (bicyclic) bond motifs is 1. The average Bonchev–Trinajstić information content (AvgIpc) is 3.08. The van der Waals surface area contributed by atoms with Crippen LogP contribution in [-0.4, -0.2) is 42.3 Å². The van der Waals surface area contributed by atoms with E-state index in [4.69, 9.17) is 4.42 Å². The highest BCUT2D eigenvalue weighted by Crippen LogP contribution is 2.27. The molecule has 0 radical (unpaired) electrons. The summed E-state index contributed by atoms with van der Waals surface area (Å²) in [6.45, 7) is 3.07. The SMILES string of the molecule is CCn1c(=O)oc2cc(S(=O)(=O)N3CCC(CC(=O)NC4CCCCC4)CC3)ccc21. The zero-order valence-corrected chi connectivity index (χ0v) is 18.8. The van der Waals surface area contributed by atoms with Crippen LogP contribution in [-0.2, 0) is 21.4 Å². The molecular weight excluding hydrogens is 418 g/mol. The smallest absolute Gasteiger partial charge is 0.408 e. The molecule has 1 aromatic heterocycles. The van der Waals surface area contributed by atoms with Crippen molar-refractivity contribution in [2.45, 2.75) is 75.8 Å². The monoisotopic (exact) mass is 449 g/mol. The minimum Gasteiger partial charge on any atom is -0.408 e. The number of benzene rings is 1. The van der Waals surface area contributed by atoms with Gasteiger partial charge in [-0.15, -0.1) is 0 Å². The fourth-order valence-corrected chi connectivity index (χ4v) is 6.29. The molecule has 2 aliphatic rings. The number of aryl methyl sites for hydroxylation is 1. The summed E-state index contributed by atoms with van der Waals surface area (Å²) in [6, 6.07) is 4.89. The second kappa shape index (κ2) is 9.16. The van der Waals surface area contributed by atoms with Crippen LogP contribution in [0.25, 0.3) is 11.1 Å². The Labute approximate surface area is 182 Å². The maximum absolute atomic E-state index is 13.1. The normalized spacial score (nSPS) is 19.6. The van der Waals surface area contributed by atoms with Crippen LogP contribution in [0.2, 0.25) is 0 Å². The largest absolute Gasteiger partial charge is 0.419 e. The fourth-order valence-electron chi connectivity index (χ4n) is 4.81. The van der Waals surface area contributed by atoms with E-state index >= 15 is 0 Å². The number of nitrogens with one attached hydrogen (secondary N) is 1. The Morgan fingerprint density at radius 2 is 1.84 bits per heavy atom. The second-order valence-corrected chi connectivity index (χ2v) is 10.6. The number of aromatic nitrogens is 1. The fraction of sp³-hybridized carbons (Fsp3) is 0.636. The van der Waals surface area contributed by atoms with Crippen molar-refractivity contribution >= 4 is 27.0 Å². The van der Waals surface area contributed by atoms with E-state index in [2.05, 4.69) is 5.32 Å². The number of nitrogens with zero attached hydrogens (tertiary/aromatic N) is 2. The number of rotatable bonds is 6. The van der Waals surface area contributed by atoms with E-state index in [0.717, 1.165) is 12.8 Å². The molecular formula is C22H31N3O5S. The van der Waals surface area contributed by atoms with Gasteiger partial charge in [-0.1, -0.05) is 19.3 Å². The summed E-state index contributed by atoms with van der Waals surface area (Å²) in [5, 5.41) is 3.15. The molecule has 0 unspecified atom stereocenters. The van der Waals surface area contributed by atoms with Crippen LogP contribution in [0.5, 0.6) is 0 Å². The molecule has 31 heavy (non-hydrogen) atoms. The molecule has 2 fully saturated rings. The minimum absolute atomic E-state index is 0.0918. The molecule has 2 heterocycles. The predicted molar refractivity (Wildman–Crippen MR) is 117 cm³/mol. The van der Waals surface area contributed by atoms with E-state index in [0.29, 0.717) is 50.5 Å². The van der Waals surface area contributed by atoms with Crippen molar-refractivity contribution in [2.75, 3.05) is 13.1 Å². The minimum atomic E-state index is -3.68.